The standard InChI is InChI=1S/C20H24FN5O3S/c1-2-3-11-26-20(27)25-10-4-5-18(19(25)22-26)30(28,29)24-14-12-23(13-15-24)17-8-6-16(21)7-9-17/h4-10H,2-3,11-15H2,1H3. The van der Waals surface area contributed by atoms with Gasteiger partial charge < -0.3 is 4.90 Å². The Morgan fingerprint density at radius 3 is 2.43 bits per heavy atom. The van der Waals surface area contributed by atoms with Crippen LogP contribution in [0.25, 0.3) is 5.65 Å². The Hall–Kier alpha value is -2.72. The Balaban J connectivity index is 1.59. The zero-order valence-electron chi connectivity index (χ0n) is 16.7. The van der Waals surface area contributed by atoms with Gasteiger partial charge in [-0.2, -0.15) is 4.31 Å². The van der Waals surface area contributed by atoms with Crippen LogP contribution in [-0.4, -0.2) is 53.1 Å². The third-order valence-electron chi connectivity index (χ3n) is 5.35. The normalized spacial score (nSPS) is 15.7. The molecule has 0 unspecified atom stereocenters. The fourth-order valence-corrected chi connectivity index (χ4v) is 5.19. The number of hydrogen-bond acceptors (Lipinski definition) is 5. The predicted octanol–water partition coefficient (Wildman–Crippen LogP) is 1.95. The minimum atomic E-state index is -3.81. The summed E-state index contributed by atoms with van der Waals surface area (Å²) in [6.07, 6.45) is 3.24. The Bertz CT molecular complexity index is 1200. The van der Waals surface area contributed by atoms with E-state index in [4.69, 9.17) is 0 Å². The summed E-state index contributed by atoms with van der Waals surface area (Å²) in [5.74, 6) is -0.304. The predicted molar refractivity (Wildman–Crippen MR) is 112 cm³/mol. The van der Waals surface area contributed by atoms with Crippen molar-refractivity contribution >= 4 is 21.4 Å². The average molecular weight is 434 g/mol. The highest BCUT2D eigenvalue weighted by Gasteiger charge is 2.31. The van der Waals surface area contributed by atoms with E-state index in [1.807, 2.05) is 11.8 Å². The van der Waals surface area contributed by atoms with Gasteiger partial charge in [0.15, 0.2) is 5.65 Å². The van der Waals surface area contributed by atoms with Crippen LogP contribution in [0.4, 0.5) is 10.1 Å². The van der Waals surface area contributed by atoms with E-state index in [1.165, 1.54) is 31.6 Å². The van der Waals surface area contributed by atoms with E-state index in [-0.39, 0.29) is 22.0 Å². The molecule has 0 bridgehead atoms. The molecule has 2 aromatic heterocycles. The number of anilines is 1. The SMILES string of the molecule is CCCCn1nc2c(S(=O)(=O)N3CCN(c4ccc(F)cc4)CC3)cccn2c1=O. The number of fused-ring (bicyclic) bond motifs is 1. The highest BCUT2D eigenvalue weighted by atomic mass is 32.2. The first kappa shape index (κ1) is 20.5. The van der Waals surface area contributed by atoms with Gasteiger partial charge in [0, 0.05) is 44.6 Å². The number of benzene rings is 1. The maximum absolute atomic E-state index is 13.3. The number of halogens is 1. The third-order valence-corrected chi connectivity index (χ3v) is 7.26. The molecule has 0 atom stereocenters. The number of rotatable bonds is 6. The molecule has 0 amide bonds. The molecular weight excluding hydrogens is 409 g/mol. The van der Waals surface area contributed by atoms with Crippen LogP contribution in [0.15, 0.2) is 52.3 Å². The second-order valence-corrected chi connectivity index (χ2v) is 9.20. The Morgan fingerprint density at radius 1 is 1.07 bits per heavy atom. The molecule has 8 nitrogen and oxygen atoms in total. The Morgan fingerprint density at radius 2 is 1.77 bits per heavy atom. The molecule has 4 rings (SSSR count). The number of piperazine rings is 1. The van der Waals surface area contributed by atoms with E-state index < -0.39 is 10.0 Å². The van der Waals surface area contributed by atoms with E-state index >= 15 is 0 Å². The first-order valence-corrected chi connectivity index (χ1v) is 11.4. The molecule has 1 saturated heterocycles. The molecule has 0 spiro atoms. The molecule has 0 aliphatic carbocycles. The molecule has 0 radical (unpaired) electrons. The summed E-state index contributed by atoms with van der Waals surface area (Å²) in [6, 6.07) is 9.22. The van der Waals surface area contributed by atoms with Crippen LogP contribution in [0.3, 0.4) is 0 Å². The summed E-state index contributed by atoms with van der Waals surface area (Å²) >= 11 is 0. The van der Waals surface area contributed by atoms with Crippen molar-refractivity contribution in [2.75, 3.05) is 31.1 Å². The number of nitrogens with zero attached hydrogens (tertiary/aromatic N) is 5. The van der Waals surface area contributed by atoms with Crippen LogP contribution in [-0.2, 0) is 16.6 Å². The van der Waals surface area contributed by atoms with Crippen LogP contribution in [0.1, 0.15) is 19.8 Å². The van der Waals surface area contributed by atoms with Gasteiger partial charge in [-0.25, -0.2) is 26.7 Å². The number of hydrogen-bond donors (Lipinski definition) is 0. The van der Waals surface area contributed by atoms with Gasteiger partial charge in [0.05, 0.1) is 0 Å². The van der Waals surface area contributed by atoms with Crippen molar-refractivity contribution in [1.29, 1.82) is 0 Å². The molecule has 0 saturated carbocycles. The Labute approximate surface area is 174 Å². The van der Waals surface area contributed by atoms with Gasteiger partial charge in [0.1, 0.15) is 10.7 Å². The van der Waals surface area contributed by atoms with Gasteiger partial charge in [-0.15, -0.1) is 5.10 Å². The summed E-state index contributed by atoms with van der Waals surface area (Å²) in [5, 5.41) is 4.30. The van der Waals surface area contributed by atoms with Gasteiger partial charge in [-0.1, -0.05) is 13.3 Å². The van der Waals surface area contributed by atoms with Crippen molar-refractivity contribution < 1.29 is 12.8 Å². The number of aromatic nitrogens is 3. The minimum absolute atomic E-state index is 0.0348. The highest BCUT2D eigenvalue weighted by Crippen LogP contribution is 2.23. The van der Waals surface area contributed by atoms with E-state index in [0.29, 0.717) is 32.7 Å². The van der Waals surface area contributed by atoms with Crippen molar-refractivity contribution in [3.63, 3.8) is 0 Å². The lowest BCUT2D eigenvalue weighted by Crippen LogP contribution is -2.48. The first-order chi connectivity index (χ1) is 14.4. The highest BCUT2D eigenvalue weighted by molar-refractivity contribution is 7.89. The monoisotopic (exact) mass is 433 g/mol. The maximum Gasteiger partial charge on any atom is 0.350 e. The van der Waals surface area contributed by atoms with Gasteiger partial charge in [0.25, 0.3) is 0 Å². The lowest BCUT2D eigenvalue weighted by Gasteiger charge is -2.35. The van der Waals surface area contributed by atoms with Crippen LogP contribution < -0.4 is 10.6 Å². The summed E-state index contributed by atoms with van der Waals surface area (Å²) in [6.45, 7) is 4.04. The van der Waals surface area contributed by atoms with Gasteiger partial charge >= 0.3 is 5.69 Å². The van der Waals surface area contributed by atoms with E-state index in [2.05, 4.69) is 5.10 Å². The first-order valence-electron chi connectivity index (χ1n) is 10.0. The van der Waals surface area contributed by atoms with E-state index in [0.717, 1.165) is 18.5 Å². The van der Waals surface area contributed by atoms with Crippen molar-refractivity contribution in [3.05, 3.63) is 58.9 Å². The molecular formula is C20H24FN5O3S. The summed E-state index contributed by atoms with van der Waals surface area (Å²) < 4.78 is 43.8. The van der Waals surface area contributed by atoms with Crippen LogP contribution >= 0.6 is 0 Å². The van der Waals surface area contributed by atoms with E-state index in [9.17, 15) is 17.6 Å². The largest absolute Gasteiger partial charge is 0.369 e. The molecule has 10 heteroatoms. The Kier molecular flexibility index (Phi) is 5.61. The van der Waals surface area contributed by atoms with Gasteiger partial charge in [-0.3, -0.25) is 0 Å². The summed E-state index contributed by atoms with van der Waals surface area (Å²) in [7, 11) is -3.81. The van der Waals surface area contributed by atoms with Gasteiger partial charge in [0.2, 0.25) is 10.0 Å². The molecule has 30 heavy (non-hydrogen) atoms. The average Bonchev–Trinajstić information content (AvgIpc) is 3.08. The zero-order valence-corrected chi connectivity index (χ0v) is 17.6. The lowest BCUT2D eigenvalue weighted by molar-refractivity contribution is 0.385. The van der Waals surface area contributed by atoms with Crippen LogP contribution in [0.2, 0.25) is 0 Å². The number of unbranched alkanes of at least 4 members (excludes halogenated alkanes) is 1. The van der Waals surface area contributed by atoms with Crippen LogP contribution in [0.5, 0.6) is 0 Å². The van der Waals surface area contributed by atoms with Crippen LogP contribution in [0, 0.1) is 5.82 Å². The molecule has 1 aromatic carbocycles. The topological polar surface area (TPSA) is 79.9 Å². The van der Waals surface area contributed by atoms with Crippen molar-refractivity contribution in [2.24, 2.45) is 0 Å². The smallest absolute Gasteiger partial charge is 0.350 e. The second kappa shape index (κ2) is 8.19. The molecule has 160 valence electrons. The van der Waals surface area contributed by atoms with Gasteiger partial charge in [-0.05, 0) is 42.8 Å². The lowest BCUT2D eigenvalue weighted by atomic mass is 10.2. The molecule has 3 heterocycles. The summed E-state index contributed by atoms with van der Waals surface area (Å²) in [5.41, 5.74) is 0.674. The van der Waals surface area contributed by atoms with Crippen molar-refractivity contribution in [1.82, 2.24) is 18.5 Å². The molecule has 1 aliphatic rings. The zero-order chi connectivity index (χ0) is 21.3. The molecule has 0 N–H and O–H groups in total. The number of aryl methyl sites for hydroxylation is 1. The fourth-order valence-electron chi connectivity index (χ4n) is 3.65. The quantitative estimate of drug-likeness (QED) is 0.594. The summed E-state index contributed by atoms with van der Waals surface area (Å²) in [4.78, 5) is 14.6. The second-order valence-electron chi connectivity index (χ2n) is 7.29. The number of sulfonamides is 1. The van der Waals surface area contributed by atoms with Crippen molar-refractivity contribution in [2.45, 2.75) is 31.2 Å². The minimum Gasteiger partial charge on any atom is -0.369 e. The van der Waals surface area contributed by atoms with E-state index in [1.54, 1.807) is 24.4 Å². The molecule has 1 aliphatic heterocycles. The number of pyridine rings is 1. The fraction of sp³-hybridized carbons (Fsp3) is 0.400. The maximum atomic E-state index is 13.3. The van der Waals surface area contributed by atoms with Crippen molar-refractivity contribution in [3.8, 4) is 0 Å². The third kappa shape index (κ3) is 3.72. The molecule has 3 aromatic rings. The molecule has 1 fully saturated rings.